The second-order valence-electron chi connectivity index (χ2n) is 4.36. The van der Waals surface area contributed by atoms with Crippen LogP contribution in [0.3, 0.4) is 0 Å². The van der Waals surface area contributed by atoms with Gasteiger partial charge < -0.3 is 9.47 Å². The van der Waals surface area contributed by atoms with Crippen LogP contribution in [0.1, 0.15) is 29.6 Å². The molecule has 1 unspecified atom stereocenters. The maximum atomic E-state index is 11.8. The molecule has 1 fully saturated rings. The number of nitro benzene ring substituents is 1. The van der Waals surface area contributed by atoms with Crippen LogP contribution in [0, 0.1) is 10.1 Å². The fourth-order valence-electron chi connectivity index (χ4n) is 1.99. The summed E-state index contributed by atoms with van der Waals surface area (Å²) in [4.78, 5) is 22.0. The molecular weight excluding hydrogens is 250 g/mol. The zero-order chi connectivity index (χ0) is 13.7. The van der Waals surface area contributed by atoms with Gasteiger partial charge in [0, 0.05) is 12.7 Å². The third-order valence-corrected chi connectivity index (χ3v) is 2.99. The lowest BCUT2D eigenvalue weighted by Gasteiger charge is -2.21. The Hall–Kier alpha value is -1.95. The number of hydrogen-bond donors (Lipinski definition) is 0. The third kappa shape index (κ3) is 3.51. The standard InChI is InChI=1S/C13H15NO5/c15-13(19-9-10-5-3-4-8-18-10)11-6-1-2-7-12(11)14(16)17/h1-2,6-7,10H,3-5,8-9H2. The van der Waals surface area contributed by atoms with E-state index in [0.29, 0.717) is 6.61 Å². The lowest BCUT2D eigenvalue weighted by Crippen LogP contribution is -2.26. The predicted octanol–water partition coefficient (Wildman–Crippen LogP) is 2.32. The molecule has 1 aliphatic rings. The fourth-order valence-corrected chi connectivity index (χ4v) is 1.99. The number of benzene rings is 1. The van der Waals surface area contributed by atoms with E-state index in [9.17, 15) is 14.9 Å². The summed E-state index contributed by atoms with van der Waals surface area (Å²) in [5.74, 6) is -0.679. The summed E-state index contributed by atoms with van der Waals surface area (Å²) in [6.07, 6.45) is 2.83. The van der Waals surface area contributed by atoms with Gasteiger partial charge in [-0.3, -0.25) is 10.1 Å². The van der Waals surface area contributed by atoms with Crippen molar-refractivity contribution in [2.75, 3.05) is 13.2 Å². The number of para-hydroxylation sites is 1. The molecule has 0 N–H and O–H groups in total. The van der Waals surface area contributed by atoms with Gasteiger partial charge in [0.2, 0.25) is 0 Å². The minimum absolute atomic E-state index is 0.0247. The topological polar surface area (TPSA) is 78.7 Å². The second-order valence-corrected chi connectivity index (χ2v) is 4.36. The Balaban J connectivity index is 1.97. The summed E-state index contributed by atoms with van der Waals surface area (Å²) >= 11 is 0. The molecule has 1 aromatic carbocycles. The molecule has 1 heterocycles. The Morgan fingerprint density at radius 1 is 1.42 bits per heavy atom. The van der Waals surface area contributed by atoms with Crippen LogP contribution in [0.25, 0.3) is 0 Å². The fraction of sp³-hybridized carbons (Fsp3) is 0.462. The first-order valence-electron chi connectivity index (χ1n) is 6.20. The first-order chi connectivity index (χ1) is 9.18. The van der Waals surface area contributed by atoms with Gasteiger partial charge in [-0.05, 0) is 25.3 Å². The van der Waals surface area contributed by atoms with Crippen LogP contribution in [0.4, 0.5) is 5.69 Å². The van der Waals surface area contributed by atoms with Crippen LogP contribution in [0.5, 0.6) is 0 Å². The van der Waals surface area contributed by atoms with E-state index in [1.165, 1.54) is 18.2 Å². The Bertz CT molecular complexity index is 468. The molecule has 1 aromatic rings. The molecule has 0 radical (unpaired) electrons. The third-order valence-electron chi connectivity index (χ3n) is 2.99. The Morgan fingerprint density at radius 2 is 2.21 bits per heavy atom. The van der Waals surface area contributed by atoms with E-state index in [0.717, 1.165) is 19.3 Å². The summed E-state index contributed by atoms with van der Waals surface area (Å²) in [6.45, 7) is 0.818. The first kappa shape index (κ1) is 13.5. The van der Waals surface area contributed by atoms with Gasteiger partial charge in [0.05, 0.1) is 11.0 Å². The average molecular weight is 265 g/mol. The van der Waals surface area contributed by atoms with Crippen molar-refractivity contribution in [2.24, 2.45) is 0 Å². The van der Waals surface area contributed by atoms with Crippen molar-refractivity contribution in [1.29, 1.82) is 0 Å². The zero-order valence-electron chi connectivity index (χ0n) is 10.4. The van der Waals surface area contributed by atoms with E-state index in [-0.39, 0.29) is 24.0 Å². The van der Waals surface area contributed by atoms with Gasteiger partial charge in [-0.15, -0.1) is 0 Å². The Labute approximate surface area is 110 Å². The number of ether oxygens (including phenoxy) is 2. The van der Waals surface area contributed by atoms with Gasteiger partial charge in [-0.2, -0.15) is 0 Å². The first-order valence-corrected chi connectivity index (χ1v) is 6.20. The molecule has 1 aliphatic heterocycles. The van der Waals surface area contributed by atoms with Crippen molar-refractivity contribution in [3.63, 3.8) is 0 Å². The molecule has 1 saturated heterocycles. The maximum absolute atomic E-state index is 11.8. The lowest BCUT2D eigenvalue weighted by molar-refractivity contribution is -0.385. The van der Waals surface area contributed by atoms with Gasteiger partial charge >= 0.3 is 5.97 Å². The Kier molecular flexibility index (Phi) is 4.46. The number of esters is 1. The van der Waals surface area contributed by atoms with Crippen LogP contribution in [0.15, 0.2) is 24.3 Å². The summed E-state index contributed by atoms with van der Waals surface area (Å²) in [7, 11) is 0. The summed E-state index contributed by atoms with van der Waals surface area (Å²) in [6, 6.07) is 5.76. The van der Waals surface area contributed by atoms with E-state index >= 15 is 0 Å². The minimum Gasteiger partial charge on any atom is -0.459 e. The smallest absolute Gasteiger partial charge is 0.345 e. The molecular formula is C13H15NO5. The molecule has 0 aliphatic carbocycles. The van der Waals surface area contributed by atoms with E-state index in [1.807, 2.05) is 0 Å². The highest BCUT2D eigenvalue weighted by molar-refractivity contribution is 5.93. The highest BCUT2D eigenvalue weighted by Gasteiger charge is 2.22. The zero-order valence-corrected chi connectivity index (χ0v) is 10.4. The van der Waals surface area contributed by atoms with Gasteiger partial charge in [0.15, 0.2) is 0 Å². The van der Waals surface area contributed by atoms with Crippen molar-refractivity contribution < 1.29 is 19.2 Å². The number of hydrogen-bond acceptors (Lipinski definition) is 5. The minimum atomic E-state index is -0.679. The van der Waals surface area contributed by atoms with Gasteiger partial charge in [0.25, 0.3) is 5.69 Å². The quantitative estimate of drug-likeness (QED) is 0.474. The van der Waals surface area contributed by atoms with Crippen LogP contribution >= 0.6 is 0 Å². The molecule has 0 amide bonds. The highest BCUT2D eigenvalue weighted by Crippen LogP contribution is 2.19. The van der Waals surface area contributed by atoms with E-state index in [1.54, 1.807) is 6.07 Å². The molecule has 1 atom stereocenters. The molecule has 6 nitrogen and oxygen atoms in total. The normalized spacial score (nSPS) is 18.8. The number of rotatable bonds is 4. The monoisotopic (exact) mass is 265 g/mol. The molecule has 0 aromatic heterocycles. The molecule has 102 valence electrons. The van der Waals surface area contributed by atoms with Crippen LogP contribution in [-0.4, -0.2) is 30.2 Å². The average Bonchev–Trinajstić information content (AvgIpc) is 2.46. The van der Waals surface area contributed by atoms with Gasteiger partial charge in [0.1, 0.15) is 12.2 Å². The van der Waals surface area contributed by atoms with Crippen molar-refractivity contribution in [3.05, 3.63) is 39.9 Å². The van der Waals surface area contributed by atoms with Crippen molar-refractivity contribution in [3.8, 4) is 0 Å². The SMILES string of the molecule is O=C(OCC1CCCCO1)c1ccccc1[N+](=O)[O-]. The summed E-state index contributed by atoms with van der Waals surface area (Å²) < 4.78 is 10.5. The Morgan fingerprint density at radius 3 is 2.89 bits per heavy atom. The van der Waals surface area contributed by atoms with E-state index in [4.69, 9.17) is 9.47 Å². The van der Waals surface area contributed by atoms with Crippen LogP contribution < -0.4 is 0 Å². The molecule has 19 heavy (non-hydrogen) atoms. The summed E-state index contributed by atoms with van der Waals surface area (Å²) in [5, 5.41) is 10.8. The lowest BCUT2D eigenvalue weighted by atomic mass is 10.1. The van der Waals surface area contributed by atoms with E-state index < -0.39 is 10.9 Å². The van der Waals surface area contributed by atoms with Crippen LogP contribution in [-0.2, 0) is 9.47 Å². The largest absolute Gasteiger partial charge is 0.459 e. The van der Waals surface area contributed by atoms with Crippen molar-refractivity contribution in [2.45, 2.75) is 25.4 Å². The molecule has 6 heteroatoms. The maximum Gasteiger partial charge on any atom is 0.345 e. The molecule has 0 bridgehead atoms. The number of nitro groups is 1. The predicted molar refractivity (Wildman–Crippen MR) is 67.0 cm³/mol. The van der Waals surface area contributed by atoms with Crippen LogP contribution in [0.2, 0.25) is 0 Å². The second kappa shape index (κ2) is 6.29. The molecule has 2 rings (SSSR count). The summed E-state index contributed by atoms with van der Waals surface area (Å²) in [5.41, 5.74) is -0.264. The van der Waals surface area contributed by atoms with Crippen molar-refractivity contribution >= 4 is 11.7 Å². The molecule has 0 spiro atoms. The number of carbonyl (C=O) groups excluding carboxylic acids is 1. The number of carbonyl (C=O) groups is 1. The van der Waals surface area contributed by atoms with E-state index in [2.05, 4.69) is 0 Å². The van der Waals surface area contributed by atoms with Crippen molar-refractivity contribution in [1.82, 2.24) is 0 Å². The van der Waals surface area contributed by atoms with Gasteiger partial charge in [-0.25, -0.2) is 4.79 Å². The highest BCUT2D eigenvalue weighted by atomic mass is 16.6. The number of nitrogens with zero attached hydrogens (tertiary/aromatic N) is 1. The van der Waals surface area contributed by atoms with Gasteiger partial charge in [-0.1, -0.05) is 12.1 Å². The molecule has 0 saturated carbocycles.